The van der Waals surface area contributed by atoms with Gasteiger partial charge in [-0.2, -0.15) is 0 Å². The van der Waals surface area contributed by atoms with Crippen LogP contribution in [0.2, 0.25) is 0 Å². The van der Waals surface area contributed by atoms with Crippen molar-refractivity contribution in [1.82, 2.24) is 5.32 Å². The number of hydrogen-bond acceptors (Lipinski definition) is 2. The third kappa shape index (κ3) is 6.39. The van der Waals surface area contributed by atoms with E-state index in [1.165, 1.54) is 0 Å². The second-order valence-corrected chi connectivity index (χ2v) is 4.91. The van der Waals surface area contributed by atoms with Crippen LogP contribution in [0.5, 0.6) is 0 Å². The lowest BCUT2D eigenvalue weighted by Gasteiger charge is -2.23. The monoisotopic (exact) mass is 201 g/mol. The van der Waals surface area contributed by atoms with Gasteiger partial charge in [0.15, 0.2) is 0 Å². The molecule has 2 unspecified atom stereocenters. The maximum atomic E-state index is 5.80. The number of nitrogens with one attached hydrogen (secondary N) is 1. The molecule has 2 nitrogen and oxygen atoms in total. The summed E-state index contributed by atoms with van der Waals surface area (Å²) in [5, 5.41) is 3.29. The highest BCUT2D eigenvalue weighted by atomic mass is 16.5. The van der Waals surface area contributed by atoms with Crippen molar-refractivity contribution < 1.29 is 4.74 Å². The smallest absolute Gasteiger partial charge is 0.0625 e. The molecule has 2 atom stereocenters. The van der Waals surface area contributed by atoms with Crippen molar-refractivity contribution >= 4 is 0 Å². The van der Waals surface area contributed by atoms with Gasteiger partial charge in [-0.15, -0.1) is 0 Å². The van der Waals surface area contributed by atoms with E-state index in [0.29, 0.717) is 18.1 Å². The summed E-state index contributed by atoms with van der Waals surface area (Å²) >= 11 is 0. The van der Waals surface area contributed by atoms with E-state index in [2.05, 4.69) is 39.9 Å². The van der Waals surface area contributed by atoms with E-state index in [4.69, 9.17) is 4.74 Å². The van der Waals surface area contributed by atoms with Crippen LogP contribution in [-0.2, 0) is 4.74 Å². The number of ether oxygens (including phenoxy) is 1. The molecule has 0 aromatic carbocycles. The first-order chi connectivity index (χ1) is 6.47. The minimum absolute atomic E-state index is 0.379. The fourth-order valence-corrected chi connectivity index (χ4v) is 1.61. The Balaban J connectivity index is 3.68. The molecule has 0 heterocycles. The van der Waals surface area contributed by atoms with Crippen LogP contribution >= 0.6 is 0 Å². The standard InChI is InChI=1S/C12H27NO/c1-9(2)7-11(5)14-8-12(13-6)10(3)4/h9-13H,7-8H2,1-6H3. The highest BCUT2D eigenvalue weighted by Gasteiger charge is 2.13. The molecule has 0 amide bonds. The first kappa shape index (κ1) is 13.9. The Hall–Kier alpha value is -0.0800. The van der Waals surface area contributed by atoms with Gasteiger partial charge in [-0.05, 0) is 32.2 Å². The van der Waals surface area contributed by atoms with Crippen LogP contribution in [0.3, 0.4) is 0 Å². The fraction of sp³-hybridized carbons (Fsp3) is 1.00. The zero-order valence-electron chi connectivity index (χ0n) is 10.6. The van der Waals surface area contributed by atoms with Gasteiger partial charge in [-0.1, -0.05) is 27.7 Å². The van der Waals surface area contributed by atoms with E-state index in [0.717, 1.165) is 18.9 Å². The second-order valence-electron chi connectivity index (χ2n) is 4.91. The maximum absolute atomic E-state index is 5.80. The van der Waals surface area contributed by atoms with Crippen LogP contribution in [0.1, 0.15) is 41.0 Å². The van der Waals surface area contributed by atoms with Gasteiger partial charge in [-0.25, -0.2) is 0 Å². The SMILES string of the molecule is CNC(COC(C)CC(C)C)C(C)C. The molecule has 0 aromatic rings. The molecule has 0 aromatic heterocycles. The van der Waals surface area contributed by atoms with Crippen LogP contribution in [0.15, 0.2) is 0 Å². The quantitative estimate of drug-likeness (QED) is 0.684. The summed E-state index contributed by atoms with van der Waals surface area (Å²) < 4.78 is 5.80. The molecular weight excluding hydrogens is 174 g/mol. The van der Waals surface area contributed by atoms with Crippen molar-refractivity contribution in [3.63, 3.8) is 0 Å². The Labute approximate surface area is 89.4 Å². The van der Waals surface area contributed by atoms with Crippen molar-refractivity contribution in [2.45, 2.75) is 53.2 Å². The highest BCUT2D eigenvalue weighted by molar-refractivity contribution is 4.68. The van der Waals surface area contributed by atoms with Gasteiger partial charge in [0, 0.05) is 6.04 Å². The lowest BCUT2D eigenvalue weighted by molar-refractivity contribution is 0.0310. The van der Waals surface area contributed by atoms with E-state index < -0.39 is 0 Å². The summed E-state index contributed by atoms with van der Waals surface area (Å²) in [5.41, 5.74) is 0. The summed E-state index contributed by atoms with van der Waals surface area (Å²) in [4.78, 5) is 0. The largest absolute Gasteiger partial charge is 0.377 e. The molecule has 0 aliphatic carbocycles. The van der Waals surface area contributed by atoms with Crippen molar-refractivity contribution in [3.8, 4) is 0 Å². The van der Waals surface area contributed by atoms with Gasteiger partial charge in [0.2, 0.25) is 0 Å². The van der Waals surface area contributed by atoms with E-state index in [9.17, 15) is 0 Å². The summed E-state index contributed by atoms with van der Waals surface area (Å²) in [7, 11) is 2.00. The van der Waals surface area contributed by atoms with E-state index in [-0.39, 0.29) is 0 Å². The van der Waals surface area contributed by atoms with Gasteiger partial charge in [0.1, 0.15) is 0 Å². The van der Waals surface area contributed by atoms with Crippen molar-refractivity contribution in [2.24, 2.45) is 11.8 Å². The van der Waals surface area contributed by atoms with Crippen molar-refractivity contribution in [2.75, 3.05) is 13.7 Å². The van der Waals surface area contributed by atoms with E-state index in [1.807, 2.05) is 7.05 Å². The summed E-state index contributed by atoms with van der Waals surface area (Å²) in [6, 6.07) is 0.476. The number of hydrogen-bond donors (Lipinski definition) is 1. The third-order valence-electron chi connectivity index (χ3n) is 2.54. The Morgan fingerprint density at radius 3 is 2.00 bits per heavy atom. The zero-order chi connectivity index (χ0) is 11.1. The molecule has 0 aliphatic heterocycles. The normalized spacial score (nSPS) is 16.3. The third-order valence-corrected chi connectivity index (χ3v) is 2.54. The average Bonchev–Trinajstić information content (AvgIpc) is 2.03. The lowest BCUT2D eigenvalue weighted by Crippen LogP contribution is -2.36. The van der Waals surface area contributed by atoms with Crippen LogP contribution in [-0.4, -0.2) is 25.8 Å². The molecule has 86 valence electrons. The zero-order valence-corrected chi connectivity index (χ0v) is 10.6. The number of likely N-dealkylation sites (N-methyl/N-ethyl adjacent to an activating group) is 1. The molecule has 0 saturated carbocycles. The van der Waals surface area contributed by atoms with Crippen LogP contribution in [0, 0.1) is 11.8 Å². The van der Waals surface area contributed by atoms with Crippen LogP contribution < -0.4 is 5.32 Å². The predicted molar refractivity (Wildman–Crippen MR) is 62.6 cm³/mol. The number of rotatable bonds is 7. The molecule has 1 N–H and O–H groups in total. The van der Waals surface area contributed by atoms with Crippen LogP contribution in [0.4, 0.5) is 0 Å². The Morgan fingerprint density at radius 1 is 1.07 bits per heavy atom. The summed E-state index contributed by atoms with van der Waals surface area (Å²) in [6.45, 7) is 11.9. The predicted octanol–water partition coefficient (Wildman–Crippen LogP) is 2.68. The van der Waals surface area contributed by atoms with E-state index in [1.54, 1.807) is 0 Å². The fourth-order valence-electron chi connectivity index (χ4n) is 1.61. The van der Waals surface area contributed by atoms with Gasteiger partial charge in [0.25, 0.3) is 0 Å². The first-order valence-corrected chi connectivity index (χ1v) is 5.76. The van der Waals surface area contributed by atoms with Crippen LogP contribution in [0.25, 0.3) is 0 Å². The van der Waals surface area contributed by atoms with Gasteiger partial charge in [-0.3, -0.25) is 0 Å². The second kappa shape index (κ2) is 7.24. The van der Waals surface area contributed by atoms with Gasteiger partial charge >= 0.3 is 0 Å². The van der Waals surface area contributed by atoms with Gasteiger partial charge in [0.05, 0.1) is 12.7 Å². The Morgan fingerprint density at radius 2 is 1.64 bits per heavy atom. The van der Waals surface area contributed by atoms with Crippen molar-refractivity contribution in [3.05, 3.63) is 0 Å². The molecular formula is C12H27NO. The average molecular weight is 201 g/mol. The van der Waals surface area contributed by atoms with Gasteiger partial charge < -0.3 is 10.1 Å². The molecule has 0 aliphatic rings. The molecule has 2 heteroatoms. The molecule has 0 radical (unpaired) electrons. The highest BCUT2D eigenvalue weighted by Crippen LogP contribution is 2.09. The molecule has 0 bridgehead atoms. The maximum Gasteiger partial charge on any atom is 0.0625 e. The minimum Gasteiger partial charge on any atom is -0.377 e. The summed E-state index contributed by atoms with van der Waals surface area (Å²) in [5.74, 6) is 1.35. The lowest BCUT2D eigenvalue weighted by atomic mass is 10.0. The molecule has 0 fully saturated rings. The first-order valence-electron chi connectivity index (χ1n) is 5.76. The minimum atomic E-state index is 0.379. The molecule has 14 heavy (non-hydrogen) atoms. The Kier molecular flexibility index (Phi) is 7.20. The Bertz CT molecular complexity index is 134. The topological polar surface area (TPSA) is 21.3 Å². The molecule has 0 rings (SSSR count). The molecule has 0 saturated heterocycles. The summed E-state index contributed by atoms with van der Waals surface area (Å²) in [6.07, 6.45) is 1.53. The van der Waals surface area contributed by atoms with E-state index >= 15 is 0 Å². The molecule has 0 spiro atoms. The van der Waals surface area contributed by atoms with Crippen molar-refractivity contribution in [1.29, 1.82) is 0 Å².